The first kappa shape index (κ1) is 11.3. The van der Waals surface area contributed by atoms with E-state index in [4.69, 9.17) is 4.42 Å². The molecule has 0 aliphatic carbocycles. The summed E-state index contributed by atoms with van der Waals surface area (Å²) in [4.78, 5) is 12.3. The van der Waals surface area contributed by atoms with E-state index in [1.165, 1.54) is 30.5 Å². The Morgan fingerprint density at radius 3 is 2.53 bits per heavy atom. The van der Waals surface area contributed by atoms with Crippen LogP contribution in [0.3, 0.4) is 0 Å². The number of benzene rings is 2. The Kier molecular flexibility index (Phi) is 2.49. The fourth-order valence-corrected chi connectivity index (χ4v) is 2.00. The summed E-state index contributed by atoms with van der Waals surface area (Å²) in [6, 6.07) is 10.9. The molecule has 0 amide bonds. The molecule has 0 saturated carbocycles. The van der Waals surface area contributed by atoms with E-state index < -0.39 is 0 Å². The molecule has 0 saturated heterocycles. The Hall–Kier alpha value is -2.75. The Labute approximate surface area is 108 Å². The summed E-state index contributed by atoms with van der Waals surface area (Å²) in [5.74, 6) is 0.0545. The molecule has 19 heavy (non-hydrogen) atoms. The third-order valence-corrected chi connectivity index (χ3v) is 2.95. The number of fused-ring (bicyclic) bond motifs is 1. The lowest BCUT2D eigenvalue weighted by molar-refractivity contribution is 0.473. The molecule has 0 radical (unpaired) electrons. The third kappa shape index (κ3) is 1.83. The summed E-state index contributed by atoms with van der Waals surface area (Å²) in [5.41, 5.74) is 0.773. The molecular weight excluding hydrogens is 244 g/mol. The van der Waals surface area contributed by atoms with Crippen LogP contribution in [0.4, 0.5) is 0 Å². The van der Waals surface area contributed by atoms with E-state index in [-0.39, 0.29) is 22.5 Å². The summed E-state index contributed by atoms with van der Waals surface area (Å²) >= 11 is 0. The fraction of sp³-hybridized carbons (Fsp3) is 0. The highest BCUT2D eigenvalue weighted by Crippen LogP contribution is 2.28. The highest BCUT2D eigenvalue weighted by atomic mass is 16.3. The van der Waals surface area contributed by atoms with Gasteiger partial charge in [-0.2, -0.15) is 0 Å². The molecule has 0 aliphatic rings. The topological polar surface area (TPSA) is 70.7 Å². The Morgan fingerprint density at radius 2 is 1.74 bits per heavy atom. The van der Waals surface area contributed by atoms with Gasteiger partial charge in [-0.3, -0.25) is 4.79 Å². The van der Waals surface area contributed by atoms with Crippen molar-refractivity contribution in [3.8, 4) is 22.6 Å². The van der Waals surface area contributed by atoms with Crippen molar-refractivity contribution in [1.82, 2.24) is 0 Å². The molecule has 0 aliphatic heterocycles. The highest BCUT2D eigenvalue weighted by Gasteiger charge is 2.12. The quantitative estimate of drug-likeness (QED) is 0.700. The van der Waals surface area contributed by atoms with Gasteiger partial charge in [-0.05, 0) is 18.2 Å². The van der Waals surface area contributed by atoms with Crippen LogP contribution in [0.15, 0.2) is 57.9 Å². The van der Waals surface area contributed by atoms with Crippen LogP contribution in [-0.4, -0.2) is 10.2 Å². The zero-order chi connectivity index (χ0) is 13.4. The van der Waals surface area contributed by atoms with E-state index in [0.29, 0.717) is 16.5 Å². The SMILES string of the molecule is O=c1c(-c2ccccc2O)coc2cc(O)ccc12. The molecule has 2 N–H and O–H groups in total. The smallest absolute Gasteiger partial charge is 0.200 e. The fourth-order valence-electron chi connectivity index (χ4n) is 2.00. The summed E-state index contributed by atoms with van der Waals surface area (Å²) in [5, 5.41) is 19.5. The number of phenolic OH excluding ortho intramolecular Hbond substituents is 2. The zero-order valence-electron chi connectivity index (χ0n) is 9.83. The van der Waals surface area contributed by atoms with Crippen LogP contribution in [0.5, 0.6) is 11.5 Å². The monoisotopic (exact) mass is 254 g/mol. The van der Waals surface area contributed by atoms with Crippen LogP contribution in [0.2, 0.25) is 0 Å². The predicted octanol–water partition coefficient (Wildman–Crippen LogP) is 2.87. The van der Waals surface area contributed by atoms with Gasteiger partial charge < -0.3 is 14.6 Å². The minimum atomic E-state index is -0.247. The lowest BCUT2D eigenvalue weighted by Gasteiger charge is -2.04. The summed E-state index contributed by atoms with van der Waals surface area (Å²) < 4.78 is 5.34. The summed E-state index contributed by atoms with van der Waals surface area (Å²) in [6.45, 7) is 0. The molecule has 3 aromatic rings. The van der Waals surface area contributed by atoms with Crippen LogP contribution in [0, 0.1) is 0 Å². The van der Waals surface area contributed by atoms with Gasteiger partial charge in [0, 0.05) is 11.6 Å². The maximum atomic E-state index is 12.3. The first-order chi connectivity index (χ1) is 9.16. The second-order valence-corrected chi connectivity index (χ2v) is 4.18. The minimum Gasteiger partial charge on any atom is -0.508 e. The molecule has 4 heteroatoms. The number of para-hydroxylation sites is 1. The molecule has 0 spiro atoms. The van der Waals surface area contributed by atoms with Gasteiger partial charge in [-0.25, -0.2) is 0 Å². The average Bonchev–Trinajstić information content (AvgIpc) is 2.40. The first-order valence-corrected chi connectivity index (χ1v) is 5.70. The molecule has 0 unspecified atom stereocenters. The lowest BCUT2D eigenvalue weighted by atomic mass is 10.0. The number of phenols is 2. The molecule has 1 heterocycles. The second-order valence-electron chi connectivity index (χ2n) is 4.18. The van der Waals surface area contributed by atoms with E-state index in [0.717, 1.165) is 0 Å². The van der Waals surface area contributed by atoms with Crippen LogP contribution >= 0.6 is 0 Å². The standard InChI is InChI=1S/C15H10O4/c16-9-5-6-11-14(7-9)19-8-12(15(11)18)10-3-1-2-4-13(10)17/h1-8,16-17H. The molecule has 0 atom stereocenters. The van der Waals surface area contributed by atoms with Crippen LogP contribution < -0.4 is 5.43 Å². The van der Waals surface area contributed by atoms with Crippen LogP contribution in [-0.2, 0) is 0 Å². The third-order valence-electron chi connectivity index (χ3n) is 2.95. The van der Waals surface area contributed by atoms with E-state index in [2.05, 4.69) is 0 Å². The molecular formula is C15H10O4. The minimum absolute atomic E-state index is 0.0212. The van der Waals surface area contributed by atoms with Gasteiger partial charge in [0.25, 0.3) is 0 Å². The largest absolute Gasteiger partial charge is 0.508 e. The maximum absolute atomic E-state index is 12.3. The van der Waals surface area contributed by atoms with Gasteiger partial charge in [0.1, 0.15) is 23.3 Å². The van der Waals surface area contributed by atoms with Crippen molar-refractivity contribution in [3.63, 3.8) is 0 Å². The van der Waals surface area contributed by atoms with Gasteiger partial charge in [-0.1, -0.05) is 18.2 Å². The van der Waals surface area contributed by atoms with Gasteiger partial charge in [0.2, 0.25) is 5.43 Å². The van der Waals surface area contributed by atoms with Crippen molar-refractivity contribution in [1.29, 1.82) is 0 Å². The maximum Gasteiger partial charge on any atom is 0.200 e. The Balaban J connectivity index is 2.33. The van der Waals surface area contributed by atoms with E-state index in [1.54, 1.807) is 18.2 Å². The van der Waals surface area contributed by atoms with Gasteiger partial charge in [0.15, 0.2) is 0 Å². The normalized spacial score (nSPS) is 10.7. The van der Waals surface area contributed by atoms with Crippen molar-refractivity contribution < 1.29 is 14.6 Å². The highest BCUT2D eigenvalue weighted by molar-refractivity contribution is 5.83. The van der Waals surface area contributed by atoms with E-state index in [9.17, 15) is 15.0 Å². The van der Waals surface area contributed by atoms with Crippen molar-refractivity contribution in [2.45, 2.75) is 0 Å². The molecule has 0 fully saturated rings. The summed E-state index contributed by atoms with van der Waals surface area (Å²) in [7, 11) is 0. The molecule has 1 aromatic heterocycles. The van der Waals surface area contributed by atoms with E-state index in [1.807, 2.05) is 0 Å². The molecule has 3 rings (SSSR count). The number of rotatable bonds is 1. The van der Waals surface area contributed by atoms with Crippen LogP contribution in [0.1, 0.15) is 0 Å². The van der Waals surface area contributed by atoms with E-state index >= 15 is 0 Å². The predicted molar refractivity (Wildman–Crippen MR) is 71.2 cm³/mol. The van der Waals surface area contributed by atoms with Crippen molar-refractivity contribution in [3.05, 3.63) is 59.0 Å². The number of hydrogen-bond donors (Lipinski definition) is 2. The molecule has 2 aromatic carbocycles. The summed E-state index contributed by atoms with van der Waals surface area (Å²) in [6.07, 6.45) is 1.29. The molecule has 94 valence electrons. The second kappa shape index (κ2) is 4.17. The van der Waals surface area contributed by atoms with Gasteiger partial charge >= 0.3 is 0 Å². The number of aromatic hydroxyl groups is 2. The van der Waals surface area contributed by atoms with Crippen molar-refractivity contribution in [2.24, 2.45) is 0 Å². The number of hydrogen-bond acceptors (Lipinski definition) is 4. The van der Waals surface area contributed by atoms with Crippen molar-refractivity contribution >= 4 is 11.0 Å². The Morgan fingerprint density at radius 1 is 0.947 bits per heavy atom. The zero-order valence-corrected chi connectivity index (χ0v) is 9.83. The lowest BCUT2D eigenvalue weighted by Crippen LogP contribution is -2.04. The van der Waals surface area contributed by atoms with Crippen LogP contribution in [0.25, 0.3) is 22.1 Å². The average molecular weight is 254 g/mol. The molecule has 4 nitrogen and oxygen atoms in total. The molecule has 0 bridgehead atoms. The van der Waals surface area contributed by atoms with Crippen molar-refractivity contribution in [2.75, 3.05) is 0 Å². The van der Waals surface area contributed by atoms with Gasteiger partial charge in [0.05, 0.1) is 10.9 Å². The van der Waals surface area contributed by atoms with Gasteiger partial charge in [-0.15, -0.1) is 0 Å². The first-order valence-electron chi connectivity index (χ1n) is 5.70. The Bertz CT molecular complexity index is 818.